The average molecular weight is 397 g/mol. The van der Waals surface area contributed by atoms with Crippen molar-refractivity contribution >= 4 is 29.3 Å². The zero-order chi connectivity index (χ0) is 20.1. The monoisotopic (exact) mass is 397 g/mol. The number of amides is 2. The van der Waals surface area contributed by atoms with Crippen LogP contribution in [0, 0.1) is 6.92 Å². The summed E-state index contributed by atoms with van der Waals surface area (Å²) in [7, 11) is 0. The second-order valence-corrected chi connectivity index (χ2v) is 6.82. The number of ketones is 1. The molecule has 2 heterocycles. The Bertz CT molecular complexity index is 1010. The zero-order valence-electron chi connectivity index (χ0n) is 15.2. The van der Waals surface area contributed by atoms with Gasteiger partial charge in [0.05, 0.1) is 17.6 Å². The number of nitrogens with one attached hydrogen (secondary N) is 1. The summed E-state index contributed by atoms with van der Waals surface area (Å²) in [6.07, 6.45) is 3.35. The molecule has 0 atom stereocenters. The molecular formula is C19H19N5O3S. The topological polar surface area (TPSA) is 116 Å². The lowest BCUT2D eigenvalue weighted by molar-refractivity contribution is 0.102. The van der Waals surface area contributed by atoms with E-state index in [-0.39, 0.29) is 11.5 Å². The van der Waals surface area contributed by atoms with Gasteiger partial charge in [0, 0.05) is 17.8 Å². The number of furan rings is 1. The number of aromatic nitrogens is 3. The maximum Gasteiger partial charge on any atom is 0.316 e. The summed E-state index contributed by atoms with van der Waals surface area (Å²) in [5, 5.41) is 11.5. The van der Waals surface area contributed by atoms with Gasteiger partial charge in [0.15, 0.2) is 16.8 Å². The van der Waals surface area contributed by atoms with E-state index in [1.165, 1.54) is 11.8 Å². The Morgan fingerprint density at radius 3 is 2.64 bits per heavy atom. The Morgan fingerprint density at radius 2 is 2.04 bits per heavy atom. The second kappa shape index (κ2) is 8.57. The van der Waals surface area contributed by atoms with Gasteiger partial charge in [-0.25, -0.2) is 4.79 Å². The van der Waals surface area contributed by atoms with Gasteiger partial charge < -0.3 is 15.5 Å². The molecule has 0 bridgehead atoms. The van der Waals surface area contributed by atoms with E-state index in [0.29, 0.717) is 28.8 Å². The molecule has 0 spiro atoms. The van der Waals surface area contributed by atoms with E-state index < -0.39 is 6.03 Å². The van der Waals surface area contributed by atoms with Gasteiger partial charge >= 0.3 is 6.03 Å². The first kappa shape index (κ1) is 19.4. The average Bonchev–Trinajstić information content (AvgIpc) is 3.26. The number of hydrogen-bond donors (Lipinski definition) is 2. The minimum absolute atomic E-state index is 0.0650. The lowest BCUT2D eigenvalue weighted by Gasteiger charge is -2.07. The Balaban J connectivity index is 1.72. The molecule has 144 valence electrons. The third-order valence-electron chi connectivity index (χ3n) is 3.94. The van der Waals surface area contributed by atoms with Crippen molar-refractivity contribution in [2.45, 2.75) is 18.6 Å². The summed E-state index contributed by atoms with van der Waals surface area (Å²) in [5.74, 6) is 1.55. The Labute approximate surface area is 165 Å². The Kier molecular flexibility index (Phi) is 5.95. The highest BCUT2D eigenvalue weighted by Crippen LogP contribution is 2.27. The number of nitrogens with two attached hydrogens (primary N) is 1. The number of urea groups is 1. The lowest BCUT2D eigenvalue weighted by Crippen LogP contribution is -2.19. The number of primary amides is 1. The number of carbonyl (C=O) groups excluding carboxylic acids is 2. The highest BCUT2D eigenvalue weighted by atomic mass is 32.2. The van der Waals surface area contributed by atoms with Crippen molar-refractivity contribution in [3.63, 3.8) is 0 Å². The zero-order valence-corrected chi connectivity index (χ0v) is 16.0. The molecule has 0 aliphatic rings. The molecule has 3 N–H and O–H groups in total. The van der Waals surface area contributed by atoms with Gasteiger partial charge in [-0.15, -0.1) is 16.8 Å². The van der Waals surface area contributed by atoms with E-state index in [2.05, 4.69) is 22.1 Å². The molecular weight excluding hydrogens is 378 g/mol. The maximum atomic E-state index is 12.5. The van der Waals surface area contributed by atoms with Crippen LogP contribution in [0.2, 0.25) is 0 Å². The van der Waals surface area contributed by atoms with Crippen LogP contribution in [-0.4, -0.2) is 32.3 Å². The second-order valence-electron chi connectivity index (χ2n) is 5.87. The molecule has 0 unspecified atom stereocenters. The van der Waals surface area contributed by atoms with E-state index >= 15 is 0 Å². The summed E-state index contributed by atoms with van der Waals surface area (Å²) in [6, 6.07) is 7.72. The smallest absolute Gasteiger partial charge is 0.316 e. The van der Waals surface area contributed by atoms with Crippen molar-refractivity contribution in [3.05, 3.63) is 60.6 Å². The van der Waals surface area contributed by atoms with Gasteiger partial charge in [-0.3, -0.25) is 9.36 Å². The number of aryl methyl sites for hydroxylation is 1. The van der Waals surface area contributed by atoms with Crippen molar-refractivity contribution in [2.24, 2.45) is 5.73 Å². The van der Waals surface area contributed by atoms with Crippen LogP contribution in [0.3, 0.4) is 0 Å². The summed E-state index contributed by atoms with van der Waals surface area (Å²) in [5.41, 5.74) is 6.98. The predicted molar refractivity (Wildman–Crippen MR) is 107 cm³/mol. The number of rotatable bonds is 8. The third-order valence-corrected chi connectivity index (χ3v) is 4.90. The third kappa shape index (κ3) is 4.32. The molecule has 0 fully saturated rings. The molecule has 0 aliphatic carbocycles. The SMILES string of the molecule is C=CCn1c(SCC(=O)c2ccc(NC(N)=O)cc2)nnc1-c1ccoc1C. The van der Waals surface area contributed by atoms with Gasteiger partial charge in [0.25, 0.3) is 0 Å². The fraction of sp³-hybridized carbons (Fsp3) is 0.158. The highest BCUT2D eigenvalue weighted by Gasteiger charge is 2.18. The summed E-state index contributed by atoms with van der Waals surface area (Å²) >= 11 is 1.30. The normalized spacial score (nSPS) is 10.6. The van der Waals surface area contributed by atoms with Crippen molar-refractivity contribution in [1.82, 2.24) is 14.8 Å². The molecule has 0 saturated carbocycles. The van der Waals surface area contributed by atoms with Crippen LogP contribution in [0.25, 0.3) is 11.4 Å². The van der Waals surface area contributed by atoms with Gasteiger partial charge in [0.2, 0.25) is 0 Å². The van der Waals surface area contributed by atoms with Crippen LogP contribution in [0.5, 0.6) is 0 Å². The largest absolute Gasteiger partial charge is 0.469 e. The first-order valence-corrected chi connectivity index (χ1v) is 9.39. The van der Waals surface area contributed by atoms with Crippen LogP contribution in [0.1, 0.15) is 16.1 Å². The molecule has 0 aliphatic heterocycles. The van der Waals surface area contributed by atoms with E-state index in [9.17, 15) is 9.59 Å². The molecule has 2 aromatic heterocycles. The molecule has 3 aromatic rings. The van der Waals surface area contributed by atoms with Crippen LogP contribution < -0.4 is 11.1 Å². The summed E-state index contributed by atoms with van der Waals surface area (Å²) < 4.78 is 7.24. The standard InChI is InChI=1S/C19H19N5O3S/c1-3-9-24-17(15-8-10-27-12(15)2)22-23-19(24)28-11-16(25)13-4-6-14(7-5-13)21-18(20)26/h3-8,10H,1,9,11H2,2H3,(H3,20,21,26). The van der Waals surface area contributed by atoms with Crippen molar-refractivity contribution in [2.75, 3.05) is 11.1 Å². The van der Waals surface area contributed by atoms with Gasteiger partial charge in [-0.05, 0) is 37.3 Å². The van der Waals surface area contributed by atoms with Crippen LogP contribution in [-0.2, 0) is 6.54 Å². The molecule has 2 amide bonds. The number of nitrogens with zero attached hydrogens (tertiary/aromatic N) is 3. The first-order valence-electron chi connectivity index (χ1n) is 8.40. The number of Topliss-reactive ketones (excluding diaryl/α,β-unsaturated/α-hetero) is 1. The van der Waals surface area contributed by atoms with Crippen LogP contribution >= 0.6 is 11.8 Å². The number of anilines is 1. The highest BCUT2D eigenvalue weighted by molar-refractivity contribution is 7.99. The van der Waals surface area contributed by atoms with Gasteiger partial charge in [-0.2, -0.15) is 0 Å². The predicted octanol–water partition coefficient (Wildman–Crippen LogP) is 3.50. The van der Waals surface area contributed by atoms with Crippen molar-refractivity contribution in [1.29, 1.82) is 0 Å². The molecule has 1 aromatic carbocycles. The van der Waals surface area contributed by atoms with E-state index in [0.717, 1.165) is 11.3 Å². The molecule has 28 heavy (non-hydrogen) atoms. The van der Waals surface area contributed by atoms with Gasteiger partial charge in [-0.1, -0.05) is 17.8 Å². The van der Waals surface area contributed by atoms with Crippen LogP contribution in [0.4, 0.5) is 10.5 Å². The lowest BCUT2D eigenvalue weighted by atomic mass is 10.1. The van der Waals surface area contributed by atoms with E-state index in [4.69, 9.17) is 10.2 Å². The van der Waals surface area contributed by atoms with Crippen molar-refractivity contribution < 1.29 is 14.0 Å². The minimum Gasteiger partial charge on any atom is -0.469 e. The molecule has 8 nitrogen and oxygen atoms in total. The number of benzene rings is 1. The fourth-order valence-corrected chi connectivity index (χ4v) is 3.44. The molecule has 0 saturated heterocycles. The number of carbonyl (C=O) groups is 2. The van der Waals surface area contributed by atoms with Crippen molar-refractivity contribution in [3.8, 4) is 11.4 Å². The quantitative estimate of drug-likeness (QED) is 0.341. The Hall–Kier alpha value is -3.33. The first-order chi connectivity index (χ1) is 13.5. The minimum atomic E-state index is -0.653. The summed E-state index contributed by atoms with van der Waals surface area (Å²) in [6.45, 7) is 6.15. The van der Waals surface area contributed by atoms with E-state index in [1.54, 1.807) is 36.6 Å². The van der Waals surface area contributed by atoms with Gasteiger partial charge in [0.1, 0.15) is 5.76 Å². The molecule has 3 rings (SSSR count). The van der Waals surface area contributed by atoms with Crippen LogP contribution in [0.15, 0.2) is 58.8 Å². The molecule has 0 radical (unpaired) electrons. The summed E-state index contributed by atoms with van der Waals surface area (Å²) in [4.78, 5) is 23.3. The Morgan fingerprint density at radius 1 is 1.29 bits per heavy atom. The fourth-order valence-electron chi connectivity index (χ4n) is 2.60. The molecule has 9 heteroatoms. The van der Waals surface area contributed by atoms with E-state index in [1.807, 2.05) is 17.6 Å². The number of thioether (sulfide) groups is 1. The number of allylic oxidation sites excluding steroid dienone is 1. The number of hydrogen-bond acceptors (Lipinski definition) is 6. The maximum absolute atomic E-state index is 12.5.